The van der Waals surface area contributed by atoms with Crippen LogP contribution in [-0.2, 0) is 19.6 Å². The van der Waals surface area contributed by atoms with Crippen LogP contribution in [0.2, 0.25) is 0 Å². The number of ether oxygens (including phenoxy) is 2. The summed E-state index contributed by atoms with van der Waals surface area (Å²) in [7, 11) is -5.37. The number of esters is 2. The van der Waals surface area contributed by atoms with Gasteiger partial charge in [0, 0.05) is 25.2 Å². The molecule has 0 atom stereocenters. The lowest BCUT2D eigenvalue weighted by Crippen LogP contribution is -2.57. The molecule has 1 heterocycles. The Labute approximate surface area is 248 Å². The normalized spacial score (nSPS) is 13.4. The van der Waals surface area contributed by atoms with Crippen molar-refractivity contribution in [3.63, 3.8) is 0 Å². The third kappa shape index (κ3) is 10.1. The summed E-state index contributed by atoms with van der Waals surface area (Å²) in [5.74, 6) is -3.93. The molecule has 24 heteroatoms. The van der Waals surface area contributed by atoms with Crippen molar-refractivity contribution < 1.29 is 94.9 Å². The third-order valence-corrected chi connectivity index (χ3v) is 6.25. The van der Waals surface area contributed by atoms with Gasteiger partial charge in [0.25, 0.3) is 21.3 Å². The van der Waals surface area contributed by atoms with Gasteiger partial charge in [-0.3, -0.25) is 4.55 Å². The molecule has 1 aromatic carbocycles. The molecule has 0 saturated heterocycles. The van der Waals surface area contributed by atoms with Crippen molar-refractivity contribution in [3.05, 3.63) is 54.1 Å². The van der Waals surface area contributed by atoms with E-state index in [0.29, 0.717) is 0 Å². The zero-order chi connectivity index (χ0) is 36.0. The SMILES string of the molecule is O=C(OCCC(O)(C(F)(F)F)C(F)(F)F)c1cc(C(=O)OCCC(O)(C(F)(F)F)C(F)(F)F)cc(S(=O)(=O)O)c1.c1cncnc1. The lowest BCUT2D eigenvalue weighted by Gasteiger charge is -2.32. The Hall–Kier alpha value is -3.77. The maximum absolute atomic E-state index is 12.7. The minimum Gasteiger partial charge on any atom is -0.462 e. The van der Waals surface area contributed by atoms with Crippen LogP contribution in [0.3, 0.4) is 0 Å². The van der Waals surface area contributed by atoms with Crippen molar-refractivity contribution in [2.75, 3.05) is 13.2 Å². The van der Waals surface area contributed by atoms with Gasteiger partial charge < -0.3 is 19.7 Å². The maximum atomic E-state index is 12.7. The molecule has 0 unspecified atom stereocenters. The van der Waals surface area contributed by atoms with E-state index in [1.54, 1.807) is 18.5 Å². The summed E-state index contributed by atoms with van der Waals surface area (Å²) >= 11 is 0. The fourth-order valence-electron chi connectivity index (χ4n) is 2.87. The summed E-state index contributed by atoms with van der Waals surface area (Å²) < 4.78 is 192. The average Bonchev–Trinajstić information content (AvgIpc) is 2.90. The molecule has 0 aliphatic carbocycles. The van der Waals surface area contributed by atoms with E-state index in [4.69, 9.17) is 14.8 Å². The molecule has 2 aromatic rings. The summed E-state index contributed by atoms with van der Waals surface area (Å²) in [4.78, 5) is 30.1. The number of benzene rings is 1. The third-order valence-electron chi connectivity index (χ3n) is 5.42. The highest BCUT2D eigenvalue weighted by molar-refractivity contribution is 7.85. The summed E-state index contributed by atoms with van der Waals surface area (Å²) in [6, 6.07) is 2.35. The molecule has 0 spiro atoms. The first-order valence-corrected chi connectivity index (χ1v) is 12.9. The van der Waals surface area contributed by atoms with Gasteiger partial charge >= 0.3 is 36.6 Å². The van der Waals surface area contributed by atoms with Gasteiger partial charge in [0.05, 0.1) is 29.2 Å². The largest absolute Gasteiger partial charge is 0.462 e. The molecule has 0 aliphatic rings. The van der Waals surface area contributed by atoms with E-state index in [1.807, 2.05) is 0 Å². The molecule has 3 N–H and O–H groups in total. The van der Waals surface area contributed by atoms with Crippen LogP contribution in [0.25, 0.3) is 0 Å². The predicted molar refractivity (Wildman–Crippen MR) is 122 cm³/mol. The Morgan fingerprint density at radius 2 is 0.978 bits per heavy atom. The zero-order valence-corrected chi connectivity index (χ0v) is 22.8. The second kappa shape index (κ2) is 14.3. The first kappa shape index (κ1) is 40.3. The van der Waals surface area contributed by atoms with Gasteiger partial charge in [-0.05, 0) is 24.3 Å². The highest BCUT2D eigenvalue weighted by atomic mass is 32.2. The molecule has 0 fully saturated rings. The molecule has 0 saturated carbocycles. The van der Waals surface area contributed by atoms with Crippen LogP contribution in [0, 0.1) is 0 Å². The number of nitrogens with zero attached hydrogens (tertiary/aromatic N) is 2. The van der Waals surface area contributed by atoms with Crippen LogP contribution < -0.4 is 0 Å². The molecule has 0 radical (unpaired) electrons. The van der Waals surface area contributed by atoms with Crippen molar-refractivity contribution in [1.29, 1.82) is 0 Å². The van der Waals surface area contributed by atoms with Gasteiger partial charge in [-0.1, -0.05) is 0 Å². The number of carbonyl (C=O) groups is 2. The van der Waals surface area contributed by atoms with Crippen LogP contribution in [0.5, 0.6) is 0 Å². The Morgan fingerprint density at radius 3 is 1.20 bits per heavy atom. The fourth-order valence-corrected chi connectivity index (χ4v) is 3.43. The lowest BCUT2D eigenvalue weighted by molar-refractivity contribution is -0.371. The van der Waals surface area contributed by atoms with Gasteiger partial charge in [-0.15, -0.1) is 0 Å². The zero-order valence-electron chi connectivity index (χ0n) is 22.0. The van der Waals surface area contributed by atoms with Gasteiger partial charge in [-0.25, -0.2) is 19.6 Å². The monoisotopic (exact) mass is 714 g/mol. The first-order valence-electron chi connectivity index (χ1n) is 11.5. The number of carbonyl (C=O) groups excluding carboxylic acids is 2. The quantitative estimate of drug-likeness (QED) is 0.193. The van der Waals surface area contributed by atoms with E-state index in [2.05, 4.69) is 19.4 Å². The second-order valence-corrected chi connectivity index (χ2v) is 10.0. The number of alkyl halides is 12. The minimum atomic E-state index is -6.30. The lowest BCUT2D eigenvalue weighted by atomic mass is 9.99. The highest BCUT2D eigenvalue weighted by Crippen LogP contribution is 2.46. The van der Waals surface area contributed by atoms with Gasteiger partial charge in [0.2, 0.25) is 0 Å². The van der Waals surface area contributed by atoms with E-state index >= 15 is 0 Å². The maximum Gasteiger partial charge on any atom is 0.426 e. The summed E-state index contributed by atoms with van der Waals surface area (Å²) in [6.07, 6.45) is -25.0. The summed E-state index contributed by atoms with van der Waals surface area (Å²) in [5, 5.41) is 18.0. The number of rotatable bonds is 9. The van der Waals surface area contributed by atoms with E-state index in [1.165, 1.54) is 6.33 Å². The predicted octanol–water partition coefficient (Wildman–Crippen LogP) is 4.22. The molecule has 0 aliphatic heterocycles. The van der Waals surface area contributed by atoms with Crippen molar-refractivity contribution >= 4 is 22.1 Å². The Bertz CT molecular complexity index is 1320. The molecular formula is C22H18F12N2O9S. The van der Waals surface area contributed by atoms with Crippen molar-refractivity contribution in [1.82, 2.24) is 9.97 Å². The van der Waals surface area contributed by atoms with Crippen LogP contribution in [-0.4, -0.2) is 94.2 Å². The Balaban J connectivity index is 0.00000157. The van der Waals surface area contributed by atoms with Crippen LogP contribution in [0.1, 0.15) is 33.6 Å². The van der Waals surface area contributed by atoms with E-state index in [-0.39, 0.29) is 18.2 Å². The molecular weight excluding hydrogens is 696 g/mol. The van der Waals surface area contributed by atoms with Gasteiger partial charge in [0.1, 0.15) is 6.33 Å². The topological polar surface area (TPSA) is 173 Å². The second-order valence-electron chi connectivity index (χ2n) is 8.61. The molecule has 46 heavy (non-hydrogen) atoms. The summed E-state index contributed by atoms with van der Waals surface area (Å²) in [5.41, 5.74) is -13.1. The van der Waals surface area contributed by atoms with Crippen molar-refractivity contribution in [2.24, 2.45) is 0 Å². The van der Waals surface area contributed by atoms with Crippen LogP contribution in [0.15, 0.2) is 47.9 Å². The number of hydrogen-bond acceptors (Lipinski definition) is 10. The Morgan fingerprint density at radius 1 is 0.652 bits per heavy atom. The molecule has 11 nitrogen and oxygen atoms in total. The molecule has 2 rings (SSSR count). The van der Waals surface area contributed by atoms with Gasteiger partial charge in [-0.2, -0.15) is 61.1 Å². The number of aromatic nitrogens is 2. The smallest absolute Gasteiger partial charge is 0.426 e. The van der Waals surface area contributed by atoms with Crippen molar-refractivity contribution in [3.8, 4) is 0 Å². The first-order chi connectivity index (χ1) is 20.6. The van der Waals surface area contributed by atoms with Crippen LogP contribution in [0.4, 0.5) is 52.7 Å². The number of aliphatic hydroxyl groups is 2. The number of halogens is 12. The molecule has 260 valence electrons. The average molecular weight is 714 g/mol. The molecule has 0 bridgehead atoms. The Kier molecular flexibility index (Phi) is 12.5. The van der Waals surface area contributed by atoms with E-state index in [9.17, 15) is 70.7 Å². The van der Waals surface area contributed by atoms with Gasteiger partial charge in [0.15, 0.2) is 0 Å². The van der Waals surface area contributed by atoms with E-state index in [0.717, 1.165) is 0 Å². The standard InChI is InChI=1S/C18H14F12O9S.C4H4N2/c19-15(20,21)13(33,16(22,23)24)1-3-38-11(31)8-5-9(7-10(6-8)40(35,36)37)12(32)39-4-2-14(34,17(25,26)27)18(28,29)30;1-2-5-4-6-3-1/h5-7,33-34H,1-4H2,(H,35,36,37);1-4H. The number of hydrogen-bond donors (Lipinski definition) is 3. The van der Waals surface area contributed by atoms with E-state index < -0.39 is 100 Å². The molecule has 0 amide bonds. The fraction of sp³-hybridized carbons (Fsp3) is 0.455. The summed E-state index contributed by atoms with van der Waals surface area (Å²) in [6.45, 7) is -3.64. The molecule has 1 aromatic heterocycles. The van der Waals surface area contributed by atoms with Crippen molar-refractivity contribution in [2.45, 2.75) is 53.6 Å². The highest BCUT2D eigenvalue weighted by Gasteiger charge is 2.71. The van der Waals surface area contributed by atoms with Crippen LogP contribution >= 0.6 is 0 Å². The minimum absolute atomic E-state index is 0.167.